The van der Waals surface area contributed by atoms with Crippen LogP contribution in [-0.4, -0.2) is 6.61 Å². The number of benzene rings is 1. The molecule has 1 aromatic rings. The Morgan fingerprint density at radius 2 is 2.20 bits per heavy atom. The third-order valence-corrected chi connectivity index (χ3v) is 2.69. The fraction of sp³-hybridized carbons (Fsp3) is 0.385. The molecule has 0 aliphatic carbocycles. The Balaban J connectivity index is 2.89. The highest BCUT2D eigenvalue weighted by molar-refractivity contribution is 9.10. The molecule has 15 heavy (non-hydrogen) atoms. The molecule has 0 radical (unpaired) electrons. The summed E-state index contributed by atoms with van der Waals surface area (Å²) in [6, 6.07) is 4.09. The van der Waals surface area contributed by atoms with Crippen molar-refractivity contribution >= 4 is 22.0 Å². The van der Waals surface area contributed by atoms with Gasteiger partial charge in [0.15, 0.2) is 0 Å². The quantitative estimate of drug-likeness (QED) is 0.711. The molecule has 0 amide bonds. The zero-order valence-corrected chi connectivity index (χ0v) is 10.9. The van der Waals surface area contributed by atoms with Gasteiger partial charge in [-0.15, -0.1) is 0 Å². The normalized spacial score (nSPS) is 10.1. The summed E-state index contributed by atoms with van der Waals surface area (Å²) in [7, 11) is 0. The van der Waals surface area contributed by atoms with Crippen molar-refractivity contribution in [3.8, 4) is 5.75 Å². The second-order valence-electron chi connectivity index (χ2n) is 3.55. The molecule has 0 aliphatic rings. The van der Waals surface area contributed by atoms with Crippen LogP contribution in [0, 0.1) is 6.92 Å². The summed E-state index contributed by atoms with van der Waals surface area (Å²) in [5.41, 5.74) is 2.20. The van der Waals surface area contributed by atoms with Crippen LogP contribution in [0.25, 0.3) is 6.08 Å². The standard InChI is InChI=1S/C13H17BrO/c1-4-6-7-15-13-10(3)8-12(14)9-11(13)5-2/h5,8-9H,2,4,6-7H2,1,3H3. The minimum absolute atomic E-state index is 0.778. The number of halogens is 1. The van der Waals surface area contributed by atoms with Crippen molar-refractivity contribution in [1.29, 1.82) is 0 Å². The van der Waals surface area contributed by atoms with Crippen LogP contribution < -0.4 is 4.74 Å². The fourth-order valence-corrected chi connectivity index (χ4v) is 2.01. The molecule has 0 N–H and O–H groups in total. The second-order valence-corrected chi connectivity index (χ2v) is 4.46. The molecule has 1 rings (SSSR count). The van der Waals surface area contributed by atoms with Crippen molar-refractivity contribution in [3.05, 3.63) is 34.3 Å². The third kappa shape index (κ3) is 3.38. The van der Waals surface area contributed by atoms with Gasteiger partial charge in [-0.1, -0.05) is 41.9 Å². The molecule has 0 bridgehead atoms. The van der Waals surface area contributed by atoms with Gasteiger partial charge < -0.3 is 4.74 Å². The highest BCUT2D eigenvalue weighted by atomic mass is 79.9. The smallest absolute Gasteiger partial charge is 0.129 e. The van der Waals surface area contributed by atoms with E-state index >= 15 is 0 Å². The first-order valence-corrected chi connectivity index (χ1v) is 6.03. The molecule has 1 nitrogen and oxygen atoms in total. The largest absolute Gasteiger partial charge is 0.493 e. The van der Waals surface area contributed by atoms with Gasteiger partial charge in [-0.25, -0.2) is 0 Å². The van der Waals surface area contributed by atoms with E-state index in [-0.39, 0.29) is 0 Å². The minimum atomic E-state index is 0.778. The molecule has 0 spiro atoms. The van der Waals surface area contributed by atoms with Gasteiger partial charge in [-0.2, -0.15) is 0 Å². The molecule has 0 aromatic heterocycles. The van der Waals surface area contributed by atoms with E-state index in [1.807, 2.05) is 12.1 Å². The summed E-state index contributed by atoms with van der Waals surface area (Å²) in [5, 5.41) is 0. The summed E-state index contributed by atoms with van der Waals surface area (Å²) in [6.45, 7) is 8.79. The Labute approximate surface area is 100 Å². The summed E-state index contributed by atoms with van der Waals surface area (Å²) >= 11 is 3.47. The van der Waals surface area contributed by atoms with Crippen LogP contribution in [0.2, 0.25) is 0 Å². The van der Waals surface area contributed by atoms with Gasteiger partial charge in [0.25, 0.3) is 0 Å². The van der Waals surface area contributed by atoms with E-state index in [2.05, 4.69) is 42.4 Å². The lowest BCUT2D eigenvalue weighted by molar-refractivity contribution is 0.306. The molecule has 0 unspecified atom stereocenters. The average molecular weight is 269 g/mol. The Bertz CT molecular complexity index is 345. The van der Waals surface area contributed by atoms with Gasteiger partial charge in [-0.3, -0.25) is 0 Å². The molecule has 1 aromatic carbocycles. The predicted molar refractivity (Wildman–Crippen MR) is 69.4 cm³/mol. The number of ether oxygens (including phenoxy) is 1. The number of hydrogen-bond donors (Lipinski definition) is 0. The van der Waals surface area contributed by atoms with Gasteiger partial charge in [0.05, 0.1) is 6.61 Å². The van der Waals surface area contributed by atoms with Crippen LogP contribution in [0.5, 0.6) is 5.75 Å². The molecular weight excluding hydrogens is 252 g/mol. The second kappa shape index (κ2) is 5.96. The number of rotatable bonds is 5. The first kappa shape index (κ1) is 12.3. The lowest BCUT2D eigenvalue weighted by atomic mass is 10.1. The van der Waals surface area contributed by atoms with Crippen molar-refractivity contribution in [1.82, 2.24) is 0 Å². The third-order valence-electron chi connectivity index (χ3n) is 2.23. The van der Waals surface area contributed by atoms with Gasteiger partial charge in [0, 0.05) is 10.0 Å². The Morgan fingerprint density at radius 1 is 1.47 bits per heavy atom. The van der Waals surface area contributed by atoms with Crippen LogP contribution in [0.4, 0.5) is 0 Å². The highest BCUT2D eigenvalue weighted by Crippen LogP contribution is 2.28. The van der Waals surface area contributed by atoms with Crippen LogP contribution in [-0.2, 0) is 0 Å². The van der Waals surface area contributed by atoms with Crippen molar-refractivity contribution in [3.63, 3.8) is 0 Å². The molecule has 0 saturated heterocycles. The number of aryl methyl sites for hydroxylation is 1. The Kier molecular flexibility index (Phi) is 4.89. The lowest BCUT2D eigenvalue weighted by Crippen LogP contribution is -2.00. The molecular formula is C13H17BrO. The molecule has 0 atom stereocenters. The van der Waals surface area contributed by atoms with Gasteiger partial charge in [0.1, 0.15) is 5.75 Å². The van der Waals surface area contributed by atoms with Crippen molar-refractivity contribution in [2.45, 2.75) is 26.7 Å². The van der Waals surface area contributed by atoms with E-state index < -0.39 is 0 Å². The maximum Gasteiger partial charge on any atom is 0.129 e. The predicted octanol–water partition coefficient (Wildman–Crippen LogP) is 4.58. The van der Waals surface area contributed by atoms with Gasteiger partial charge in [0.2, 0.25) is 0 Å². The zero-order valence-electron chi connectivity index (χ0n) is 9.35. The topological polar surface area (TPSA) is 9.23 Å². The first-order chi connectivity index (χ1) is 7.19. The number of hydrogen-bond acceptors (Lipinski definition) is 1. The lowest BCUT2D eigenvalue weighted by Gasteiger charge is -2.12. The number of unbranched alkanes of at least 4 members (excludes halogenated alkanes) is 1. The van der Waals surface area contributed by atoms with Gasteiger partial charge >= 0.3 is 0 Å². The van der Waals surface area contributed by atoms with Crippen molar-refractivity contribution in [2.75, 3.05) is 6.61 Å². The summed E-state index contributed by atoms with van der Waals surface area (Å²) in [4.78, 5) is 0. The first-order valence-electron chi connectivity index (χ1n) is 5.24. The van der Waals surface area contributed by atoms with Crippen LogP contribution in [0.3, 0.4) is 0 Å². The summed E-state index contributed by atoms with van der Waals surface area (Å²) < 4.78 is 6.83. The summed E-state index contributed by atoms with van der Waals surface area (Å²) in [6.07, 6.45) is 4.07. The van der Waals surface area contributed by atoms with E-state index in [0.29, 0.717) is 0 Å². The fourth-order valence-electron chi connectivity index (χ4n) is 1.42. The van der Waals surface area contributed by atoms with E-state index in [4.69, 9.17) is 4.74 Å². The molecule has 0 saturated carbocycles. The Morgan fingerprint density at radius 3 is 2.80 bits per heavy atom. The van der Waals surface area contributed by atoms with Crippen LogP contribution in [0.15, 0.2) is 23.2 Å². The monoisotopic (exact) mass is 268 g/mol. The summed E-state index contributed by atoms with van der Waals surface area (Å²) in [5.74, 6) is 0.960. The zero-order chi connectivity index (χ0) is 11.3. The average Bonchev–Trinajstić information content (AvgIpc) is 2.20. The van der Waals surface area contributed by atoms with Crippen molar-refractivity contribution in [2.24, 2.45) is 0 Å². The van der Waals surface area contributed by atoms with E-state index in [9.17, 15) is 0 Å². The molecule has 0 heterocycles. The van der Waals surface area contributed by atoms with E-state index in [1.54, 1.807) is 0 Å². The van der Waals surface area contributed by atoms with Crippen LogP contribution >= 0.6 is 15.9 Å². The van der Waals surface area contributed by atoms with Crippen molar-refractivity contribution < 1.29 is 4.74 Å². The molecule has 2 heteroatoms. The maximum absolute atomic E-state index is 5.76. The SMILES string of the molecule is C=Cc1cc(Br)cc(C)c1OCCCC. The van der Waals surface area contributed by atoms with Crippen LogP contribution in [0.1, 0.15) is 30.9 Å². The minimum Gasteiger partial charge on any atom is -0.493 e. The molecule has 0 aliphatic heterocycles. The molecule has 0 fully saturated rings. The van der Waals surface area contributed by atoms with E-state index in [1.165, 1.54) is 0 Å². The van der Waals surface area contributed by atoms with E-state index in [0.717, 1.165) is 40.8 Å². The Hall–Kier alpha value is -0.760. The van der Waals surface area contributed by atoms with Gasteiger partial charge in [-0.05, 0) is 31.0 Å². The highest BCUT2D eigenvalue weighted by Gasteiger charge is 2.06. The molecule has 82 valence electrons. The maximum atomic E-state index is 5.76.